The van der Waals surface area contributed by atoms with Crippen molar-refractivity contribution >= 4 is 11.4 Å². The molecule has 2 fully saturated rings. The van der Waals surface area contributed by atoms with Gasteiger partial charge in [0.1, 0.15) is 0 Å². The minimum Gasteiger partial charge on any atom is -0.397 e. The lowest BCUT2D eigenvalue weighted by Gasteiger charge is -2.39. The molecule has 2 heterocycles. The van der Waals surface area contributed by atoms with Gasteiger partial charge in [0.15, 0.2) is 0 Å². The Balaban J connectivity index is 1.54. The molecule has 4 heteroatoms. The second-order valence-electron chi connectivity index (χ2n) is 5.25. The molecule has 2 saturated heterocycles. The maximum Gasteiger partial charge on any atom is 0.0600 e. The number of nitrogens with zero attached hydrogens (tertiary/aromatic N) is 2. The van der Waals surface area contributed by atoms with Crippen LogP contribution in [0.2, 0.25) is 0 Å². The number of rotatable bonds is 3. The van der Waals surface area contributed by atoms with Crippen molar-refractivity contribution in [2.24, 2.45) is 5.92 Å². The monoisotopic (exact) mass is 247 g/mol. The summed E-state index contributed by atoms with van der Waals surface area (Å²) >= 11 is 0. The Bertz CT molecular complexity index is 398. The van der Waals surface area contributed by atoms with E-state index in [4.69, 9.17) is 10.5 Å². The molecule has 4 nitrogen and oxygen atoms in total. The lowest BCUT2D eigenvalue weighted by atomic mass is 10.1. The number of hydrogen-bond acceptors (Lipinski definition) is 4. The molecule has 0 amide bonds. The van der Waals surface area contributed by atoms with Crippen molar-refractivity contribution < 1.29 is 4.74 Å². The predicted molar refractivity (Wildman–Crippen MR) is 73.8 cm³/mol. The Labute approximate surface area is 108 Å². The second kappa shape index (κ2) is 5.16. The van der Waals surface area contributed by atoms with Crippen LogP contribution >= 0.6 is 0 Å². The quantitative estimate of drug-likeness (QED) is 0.810. The van der Waals surface area contributed by atoms with Crippen LogP contribution in [0.15, 0.2) is 24.3 Å². The summed E-state index contributed by atoms with van der Waals surface area (Å²) in [5.41, 5.74) is 8.10. The molecule has 0 bridgehead atoms. The first-order valence-electron chi connectivity index (χ1n) is 6.72. The van der Waals surface area contributed by atoms with Crippen molar-refractivity contribution in [2.45, 2.75) is 0 Å². The van der Waals surface area contributed by atoms with E-state index in [9.17, 15) is 0 Å². The average Bonchev–Trinajstić information content (AvgIpc) is 2.35. The molecule has 1 aromatic carbocycles. The maximum absolute atomic E-state index is 6.03. The SMILES string of the molecule is Nc1ccccc1N1CCN(CC2COC2)CC1. The van der Waals surface area contributed by atoms with E-state index in [2.05, 4.69) is 21.9 Å². The number of hydrogen-bond donors (Lipinski definition) is 1. The Morgan fingerprint density at radius 1 is 1.11 bits per heavy atom. The van der Waals surface area contributed by atoms with Crippen molar-refractivity contribution in [3.63, 3.8) is 0 Å². The molecule has 98 valence electrons. The van der Waals surface area contributed by atoms with Gasteiger partial charge in [-0.3, -0.25) is 4.90 Å². The van der Waals surface area contributed by atoms with Gasteiger partial charge in [-0.15, -0.1) is 0 Å². The fraction of sp³-hybridized carbons (Fsp3) is 0.571. The number of nitrogens with two attached hydrogens (primary N) is 1. The van der Waals surface area contributed by atoms with Gasteiger partial charge in [-0.2, -0.15) is 0 Å². The molecule has 2 N–H and O–H groups in total. The number of piperazine rings is 1. The van der Waals surface area contributed by atoms with Gasteiger partial charge in [0.25, 0.3) is 0 Å². The number of nitrogen functional groups attached to an aromatic ring is 1. The minimum absolute atomic E-state index is 0.762. The van der Waals surface area contributed by atoms with E-state index < -0.39 is 0 Å². The Hall–Kier alpha value is -1.26. The molecule has 1 aromatic rings. The van der Waals surface area contributed by atoms with Gasteiger partial charge in [-0.05, 0) is 12.1 Å². The van der Waals surface area contributed by atoms with Gasteiger partial charge in [-0.1, -0.05) is 12.1 Å². The van der Waals surface area contributed by atoms with Crippen LogP contribution in [0.1, 0.15) is 0 Å². The Kier molecular flexibility index (Phi) is 3.39. The third-order valence-corrected chi connectivity index (χ3v) is 3.87. The largest absolute Gasteiger partial charge is 0.397 e. The molecule has 2 aliphatic rings. The smallest absolute Gasteiger partial charge is 0.0600 e. The minimum atomic E-state index is 0.762. The number of ether oxygens (including phenoxy) is 1. The maximum atomic E-state index is 6.03. The zero-order valence-electron chi connectivity index (χ0n) is 10.7. The highest BCUT2D eigenvalue weighted by Crippen LogP contribution is 2.24. The van der Waals surface area contributed by atoms with Crippen LogP contribution in [0, 0.1) is 5.92 Å². The molecule has 0 saturated carbocycles. The molecule has 0 radical (unpaired) electrons. The molecule has 3 rings (SSSR count). The predicted octanol–water partition coefficient (Wildman–Crippen LogP) is 1.04. The van der Waals surface area contributed by atoms with E-state index in [1.54, 1.807) is 0 Å². The van der Waals surface area contributed by atoms with Crippen LogP contribution in [0.4, 0.5) is 11.4 Å². The summed E-state index contributed by atoms with van der Waals surface area (Å²) in [6.45, 7) is 7.50. The molecule has 0 unspecified atom stereocenters. The number of anilines is 2. The average molecular weight is 247 g/mol. The second-order valence-corrected chi connectivity index (χ2v) is 5.25. The first-order chi connectivity index (χ1) is 8.83. The summed E-state index contributed by atoms with van der Waals surface area (Å²) in [6.07, 6.45) is 0. The lowest BCUT2D eigenvalue weighted by Crippen LogP contribution is -2.50. The highest BCUT2D eigenvalue weighted by atomic mass is 16.5. The summed E-state index contributed by atoms with van der Waals surface area (Å²) in [6, 6.07) is 8.15. The van der Waals surface area contributed by atoms with Crippen molar-refractivity contribution in [3.05, 3.63) is 24.3 Å². The first-order valence-corrected chi connectivity index (χ1v) is 6.72. The van der Waals surface area contributed by atoms with Gasteiger partial charge in [-0.25, -0.2) is 0 Å². The topological polar surface area (TPSA) is 41.7 Å². The van der Waals surface area contributed by atoms with Crippen LogP contribution in [0.3, 0.4) is 0 Å². The van der Waals surface area contributed by atoms with E-state index in [-0.39, 0.29) is 0 Å². The molecule has 0 aromatic heterocycles. The summed E-state index contributed by atoms with van der Waals surface area (Å²) < 4.78 is 5.23. The summed E-state index contributed by atoms with van der Waals surface area (Å²) in [5.74, 6) is 0.762. The molecule has 2 aliphatic heterocycles. The fourth-order valence-corrected chi connectivity index (χ4v) is 2.70. The normalized spacial score (nSPS) is 21.9. The van der Waals surface area contributed by atoms with Gasteiger partial charge >= 0.3 is 0 Å². The molecular formula is C14H21N3O. The van der Waals surface area contributed by atoms with Crippen LogP contribution in [-0.2, 0) is 4.74 Å². The van der Waals surface area contributed by atoms with Crippen LogP contribution in [-0.4, -0.2) is 50.8 Å². The summed E-state index contributed by atoms with van der Waals surface area (Å²) in [5, 5.41) is 0. The first kappa shape index (κ1) is 11.8. The lowest BCUT2D eigenvalue weighted by molar-refractivity contribution is -0.0468. The van der Waals surface area contributed by atoms with Crippen LogP contribution in [0.5, 0.6) is 0 Å². The molecule has 0 aliphatic carbocycles. The molecule has 0 spiro atoms. The van der Waals surface area contributed by atoms with E-state index in [0.29, 0.717) is 0 Å². The third-order valence-electron chi connectivity index (χ3n) is 3.87. The van der Waals surface area contributed by atoms with Gasteiger partial charge in [0.2, 0.25) is 0 Å². The Morgan fingerprint density at radius 2 is 1.83 bits per heavy atom. The van der Waals surface area contributed by atoms with Gasteiger partial charge < -0.3 is 15.4 Å². The van der Waals surface area contributed by atoms with Crippen molar-refractivity contribution in [1.29, 1.82) is 0 Å². The van der Waals surface area contributed by atoms with Gasteiger partial charge in [0.05, 0.1) is 24.6 Å². The van der Waals surface area contributed by atoms with E-state index in [1.807, 2.05) is 12.1 Å². The summed E-state index contributed by atoms with van der Waals surface area (Å²) in [4.78, 5) is 4.94. The van der Waals surface area contributed by atoms with E-state index >= 15 is 0 Å². The Morgan fingerprint density at radius 3 is 2.44 bits per heavy atom. The van der Waals surface area contributed by atoms with Crippen molar-refractivity contribution in [1.82, 2.24) is 4.90 Å². The molecule has 18 heavy (non-hydrogen) atoms. The van der Waals surface area contributed by atoms with Crippen LogP contribution in [0.25, 0.3) is 0 Å². The highest BCUT2D eigenvalue weighted by Gasteiger charge is 2.24. The zero-order valence-corrected chi connectivity index (χ0v) is 10.7. The number of benzene rings is 1. The van der Waals surface area contributed by atoms with Gasteiger partial charge in [0, 0.05) is 38.6 Å². The van der Waals surface area contributed by atoms with E-state index in [0.717, 1.165) is 51.0 Å². The number of para-hydroxylation sites is 2. The van der Waals surface area contributed by atoms with Crippen LogP contribution < -0.4 is 10.6 Å². The fourth-order valence-electron chi connectivity index (χ4n) is 2.70. The molecule has 0 atom stereocenters. The zero-order chi connectivity index (χ0) is 12.4. The summed E-state index contributed by atoms with van der Waals surface area (Å²) in [7, 11) is 0. The van der Waals surface area contributed by atoms with Crippen molar-refractivity contribution in [2.75, 3.05) is 56.6 Å². The third kappa shape index (κ3) is 2.44. The standard InChI is InChI=1S/C14H21N3O/c15-13-3-1-2-4-14(13)17-7-5-16(6-8-17)9-12-10-18-11-12/h1-4,12H,5-11,15H2. The van der Waals surface area contributed by atoms with E-state index in [1.165, 1.54) is 12.2 Å². The highest BCUT2D eigenvalue weighted by molar-refractivity contribution is 5.67. The van der Waals surface area contributed by atoms with Crippen molar-refractivity contribution in [3.8, 4) is 0 Å². The molecular weight excluding hydrogens is 226 g/mol.